The molecular formula is C32H42N4O5S. The van der Waals surface area contributed by atoms with Crippen LogP contribution in [0.3, 0.4) is 0 Å². The third-order valence-electron chi connectivity index (χ3n) is 7.69. The zero-order chi connectivity index (χ0) is 30.1. The van der Waals surface area contributed by atoms with E-state index in [0.29, 0.717) is 35.2 Å². The van der Waals surface area contributed by atoms with Crippen LogP contribution in [0.1, 0.15) is 63.2 Å². The molecule has 226 valence electrons. The molecule has 2 saturated heterocycles. The van der Waals surface area contributed by atoms with Gasteiger partial charge in [0.2, 0.25) is 5.91 Å². The van der Waals surface area contributed by atoms with Gasteiger partial charge in [0.05, 0.1) is 30.9 Å². The normalized spacial score (nSPS) is 17.9. The van der Waals surface area contributed by atoms with E-state index in [1.807, 2.05) is 24.0 Å². The number of piperidine rings is 1. The van der Waals surface area contributed by atoms with Crippen molar-refractivity contribution in [1.29, 1.82) is 0 Å². The van der Waals surface area contributed by atoms with Gasteiger partial charge in [-0.05, 0) is 119 Å². The summed E-state index contributed by atoms with van der Waals surface area (Å²) < 4.78 is 10.7. The molecule has 2 fully saturated rings. The molecule has 1 atom stereocenters. The summed E-state index contributed by atoms with van der Waals surface area (Å²) in [5.41, 5.74) is 1.58. The predicted octanol–water partition coefficient (Wildman–Crippen LogP) is 5.11. The molecule has 9 nitrogen and oxygen atoms in total. The van der Waals surface area contributed by atoms with Gasteiger partial charge < -0.3 is 24.6 Å². The quantitative estimate of drug-likeness (QED) is 0.253. The van der Waals surface area contributed by atoms with Gasteiger partial charge in [-0.15, -0.1) is 0 Å². The van der Waals surface area contributed by atoms with E-state index in [1.165, 1.54) is 17.7 Å². The first-order chi connectivity index (χ1) is 20.3. The van der Waals surface area contributed by atoms with Crippen molar-refractivity contribution in [3.05, 3.63) is 54.1 Å². The Kier molecular flexibility index (Phi) is 11.3. The van der Waals surface area contributed by atoms with Gasteiger partial charge in [-0.2, -0.15) is 0 Å². The number of nitrogens with zero attached hydrogens (tertiary/aromatic N) is 3. The highest BCUT2D eigenvalue weighted by atomic mass is 32.1. The summed E-state index contributed by atoms with van der Waals surface area (Å²) in [5.74, 6) is 0.552. The number of rotatable bonds is 13. The van der Waals surface area contributed by atoms with Crippen LogP contribution < -0.4 is 15.0 Å². The monoisotopic (exact) mass is 594 g/mol. The van der Waals surface area contributed by atoms with Crippen molar-refractivity contribution in [2.75, 3.05) is 49.6 Å². The Balaban J connectivity index is 1.46. The molecule has 0 aliphatic carbocycles. The van der Waals surface area contributed by atoms with Crippen LogP contribution in [0.5, 0.6) is 5.75 Å². The minimum Gasteiger partial charge on any atom is -0.494 e. The number of hydrogen-bond acceptors (Lipinski definition) is 7. The topological polar surface area (TPSA) is 91.4 Å². The van der Waals surface area contributed by atoms with Gasteiger partial charge in [0, 0.05) is 12.2 Å². The van der Waals surface area contributed by atoms with E-state index in [2.05, 4.69) is 17.1 Å². The van der Waals surface area contributed by atoms with Crippen molar-refractivity contribution in [2.24, 2.45) is 5.92 Å². The summed E-state index contributed by atoms with van der Waals surface area (Å²) in [5, 5.41) is 3.28. The number of anilines is 2. The highest BCUT2D eigenvalue weighted by Crippen LogP contribution is 2.29. The standard InChI is InChI=1S/C32H42N4O5S/c1-4-21-41-27-13-9-25(10-14-27)33-29(37)22-28-30(38)36(26-11-7-24(8-12-26)31(39)40-5-2)32(42)35(28)18-6-17-34-19-15-23(3)16-20-34/h7-14,23,28H,4-6,15-22H2,1-3H3,(H,33,37)/t28-/m1/s1. The smallest absolute Gasteiger partial charge is 0.338 e. The minimum atomic E-state index is -0.726. The van der Waals surface area contributed by atoms with Crippen molar-refractivity contribution in [2.45, 2.75) is 58.9 Å². The summed E-state index contributed by atoms with van der Waals surface area (Å²) in [6, 6.07) is 13.1. The van der Waals surface area contributed by atoms with Gasteiger partial charge in [0.25, 0.3) is 5.91 Å². The Morgan fingerprint density at radius 2 is 1.69 bits per heavy atom. The van der Waals surface area contributed by atoms with E-state index in [1.54, 1.807) is 43.3 Å². The van der Waals surface area contributed by atoms with Crippen LogP contribution in [0.2, 0.25) is 0 Å². The van der Waals surface area contributed by atoms with E-state index in [4.69, 9.17) is 21.7 Å². The molecule has 0 spiro atoms. The van der Waals surface area contributed by atoms with Crippen molar-refractivity contribution in [1.82, 2.24) is 9.80 Å². The van der Waals surface area contributed by atoms with Gasteiger partial charge in [0.1, 0.15) is 11.8 Å². The van der Waals surface area contributed by atoms with Crippen molar-refractivity contribution in [3.8, 4) is 5.75 Å². The molecule has 0 bridgehead atoms. The van der Waals surface area contributed by atoms with Crippen LogP contribution >= 0.6 is 12.2 Å². The van der Waals surface area contributed by atoms with E-state index in [9.17, 15) is 14.4 Å². The molecule has 2 aliphatic heterocycles. The minimum absolute atomic E-state index is 0.0360. The lowest BCUT2D eigenvalue weighted by molar-refractivity contribution is -0.124. The molecule has 2 amide bonds. The van der Waals surface area contributed by atoms with Crippen LogP contribution in [0.15, 0.2) is 48.5 Å². The molecule has 2 heterocycles. The number of carbonyl (C=O) groups excluding carboxylic acids is 3. The van der Waals surface area contributed by atoms with Gasteiger partial charge in [-0.25, -0.2) is 4.79 Å². The number of benzene rings is 2. The van der Waals surface area contributed by atoms with E-state index in [0.717, 1.165) is 44.1 Å². The summed E-state index contributed by atoms with van der Waals surface area (Å²) in [6.07, 6.45) is 4.10. The van der Waals surface area contributed by atoms with Crippen molar-refractivity contribution in [3.63, 3.8) is 0 Å². The van der Waals surface area contributed by atoms with Crippen LogP contribution in [0, 0.1) is 5.92 Å². The lowest BCUT2D eigenvalue weighted by Crippen LogP contribution is -2.40. The van der Waals surface area contributed by atoms with Gasteiger partial charge in [-0.3, -0.25) is 14.5 Å². The fraction of sp³-hybridized carbons (Fsp3) is 0.500. The highest BCUT2D eigenvalue weighted by Gasteiger charge is 2.44. The number of esters is 1. The van der Waals surface area contributed by atoms with E-state index < -0.39 is 12.0 Å². The lowest BCUT2D eigenvalue weighted by atomic mass is 9.99. The third kappa shape index (κ3) is 8.07. The lowest BCUT2D eigenvalue weighted by Gasteiger charge is -2.31. The second kappa shape index (κ2) is 15.1. The van der Waals surface area contributed by atoms with Crippen LogP contribution in [0.4, 0.5) is 11.4 Å². The van der Waals surface area contributed by atoms with Crippen LogP contribution in [-0.4, -0.2) is 78.1 Å². The third-order valence-corrected chi connectivity index (χ3v) is 8.11. The van der Waals surface area contributed by atoms with Crippen molar-refractivity contribution < 1.29 is 23.9 Å². The highest BCUT2D eigenvalue weighted by molar-refractivity contribution is 7.80. The Labute approximate surface area is 254 Å². The molecule has 0 unspecified atom stereocenters. The number of nitrogens with one attached hydrogen (secondary N) is 1. The first-order valence-electron chi connectivity index (χ1n) is 15.0. The maximum absolute atomic E-state index is 13.8. The Morgan fingerprint density at radius 1 is 1.00 bits per heavy atom. The van der Waals surface area contributed by atoms with Crippen LogP contribution in [-0.2, 0) is 14.3 Å². The second-order valence-electron chi connectivity index (χ2n) is 10.9. The molecule has 2 aliphatic rings. The Morgan fingerprint density at radius 3 is 2.33 bits per heavy atom. The SMILES string of the molecule is CCCOc1ccc(NC(=O)C[C@@H]2C(=O)N(c3ccc(C(=O)OCC)cc3)C(=S)N2CCCN2CCC(C)CC2)cc1. The summed E-state index contributed by atoms with van der Waals surface area (Å²) >= 11 is 5.82. The summed E-state index contributed by atoms with van der Waals surface area (Å²) in [4.78, 5) is 44.9. The zero-order valence-electron chi connectivity index (χ0n) is 24.8. The maximum atomic E-state index is 13.8. The number of likely N-dealkylation sites (tertiary alicyclic amines) is 1. The number of carbonyl (C=O) groups is 3. The van der Waals surface area contributed by atoms with Gasteiger partial charge in [-0.1, -0.05) is 13.8 Å². The van der Waals surface area contributed by atoms with Crippen molar-refractivity contribution >= 4 is 46.5 Å². The first-order valence-corrected chi connectivity index (χ1v) is 15.4. The molecule has 2 aromatic carbocycles. The van der Waals surface area contributed by atoms with Gasteiger partial charge in [0.15, 0.2) is 5.11 Å². The molecular weight excluding hydrogens is 552 g/mol. The molecule has 0 aromatic heterocycles. The Bertz CT molecular complexity index is 1230. The number of hydrogen-bond donors (Lipinski definition) is 1. The number of amides is 2. The fourth-order valence-corrected chi connectivity index (χ4v) is 5.69. The number of thiocarbonyl (C=S) groups is 1. The Hall–Kier alpha value is -3.50. The zero-order valence-corrected chi connectivity index (χ0v) is 25.7. The average molecular weight is 595 g/mol. The van der Waals surface area contributed by atoms with E-state index in [-0.39, 0.29) is 24.8 Å². The predicted molar refractivity (Wildman–Crippen MR) is 168 cm³/mol. The largest absolute Gasteiger partial charge is 0.494 e. The second-order valence-corrected chi connectivity index (χ2v) is 11.3. The summed E-state index contributed by atoms with van der Waals surface area (Å²) in [6.45, 7) is 10.6. The molecule has 2 aromatic rings. The molecule has 42 heavy (non-hydrogen) atoms. The van der Waals surface area contributed by atoms with Gasteiger partial charge >= 0.3 is 5.97 Å². The molecule has 1 N–H and O–H groups in total. The molecule has 4 rings (SSSR count). The van der Waals surface area contributed by atoms with Crippen LogP contribution in [0.25, 0.3) is 0 Å². The average Bonchev–Trinajstić information content (AvgIpc) is 3.21. The first kappa shape index (κ1) is 31.4. The summed E-state index contributed by atoms with van der Waals surface area (Å²) in [7, 11) is 0. The molecule has 10 heteroatoms. The maximum Gasteiger partial charge on any atom is 0.338 e. The number of ether oxygens (including phenoxy) is 2. The molecule has 0 radical (unpaired) electrons. The fourth-order valence-electron chi connectivity index (χ4n) is 5.28. The molecule has 0 saturated carbocycles. The van der Waals surface area contributed by atoms with E-state index >= 15 is 0 Å².